The van der Waals surface area contributed by atoms with Crippen molar-refractivity contribution in [2.24, 2.45) is 35.5 Å². The van der Waals surface area contributed by atoms with Gasteiger partial charge >= 0.3 is 0 Å². The van der Waals surface area contributed by atoms with Crippen LogP contribution in [0.4, 0.5) is 5.69 Å². The van der Waals surface area contributed by atoms with Crippen molar-refractivity contribution in [3.8, 4) is 0 Å². The van der Waals surface area contributed by atoms with Gasteiger partial charge in [-0.25, -0.2) is 0 Å². The number of amides is 2. The molecule has 0 N–H and O–H groups in total. The summed E-state index contributed by atoms with van der Waals surface area (Å²) in [6.07, 6.45) is 5.60. The first-order chi connectivity index (χ1) is 13.6. The van der Waals surface area contributed by atoms with E-state index >= 15 is 0 Å². The highest BCUT2D eigenvalue weighted by atomic mass is 35.5. The summed E-state index contributed by atoms with van der Waals surface area (Å²) in [4.78, 5) is 29.9. The second-order valence-electron chi connectivity index (χ2n) is 8.22. The molecule has 1 heterocycles. The Morgan fingerprint density at radius 2 is 1.29 bits per heavy atom. The first-order valence-corrected chi connectivity index (χ1v) is 10.9. The number of carbonyl (C=O) groups excluding carboxylic acids is 2. The third-order valence-electron chi connectivity index (χ3n) is 6.81. The Labute approximate surface area is 172 Å². The van der Waals surface area contributed by atoms with E-state index in [1.807, 2.05) is 48.5 Å². The zero-order chi connectivity index (χ0) is 19.0. The predicted octanol–water partition coefficient (Wildman–Crippen LogP) is 5.05. The number of hydrogen-bond acceptors (Lipinski definition) is 3. The molecule has 2 aromatic rings. The standard InChI is InChI=1S/C23H18ClNO2S/c24-12-1-5-14(6-2-12)28-15-7-3-13(4-8-15)25-22(26)20-16-9-10-17(19-11-18(16)19)21(20)23(25)27/h1-10,16-21H,11H2/t16-,17-,18-,19+,20-,21-/m1/s1. The maximum atomic E-state index is 13.2. The lowest BCUT2D eigenvalue weighted by Crippen LogP contribution is -2.40. The molecule has 28 heavy (non-hydrogen) atoms. The van der Waals surface area contributed by atoms with Crippen LogP contribution in [0.1, 0.15) is 6.42 Å². The zero-order valence-electron chi connectivity index (χ0n) is 15.0. The summed E-state index contributed by atoms with van der Waals surface area (Å²) in [5.41, 5.74) is 0.693. The highest BCUT2D eigenvalue weighted by Crippen LogP contribution is 2.65. The van der Waals surface area contributed by atoms with E-state index in [1.54, 1.807) is 11.8 Å². The summed E-state index contributed by atoms with van der Waals surface area (Å²) < 4.78 is 0. The summed E-state index contributed by atoms with van der Waals surface area (Å²) in [6, 6.07) is 15.4. The fraction of sp³-hybridized carbons (Fsp3) is 0.304. The average Bonchev–Trinajstić information content (AvgIpc) is 3.49. The van der Waals surface area contributed by atoms with Gasteiger partial charge in [-0.1, -0.05) is 35.5 Å². The number of imide groups is 1. The minimum Gasteiger partial charge on any atom is -0.274 e. The van der Waals surface area contributed by atoms with Crippen LogP contribution in [-0.4, -0.2) is 11.8 Å². The molecular formula is C23H18ClNO2S. The molecule has 0 radical (unpaired) electrons. The maximum absolute atomic E-state index is 13.2. The first kappa shape index (κ1) is 16.9. The lowest BCUT2D eigenvalue weighted by Gasteiger charge is -2.37. The third-order valence-corrected chi connectivity index (χ3v) is 8.07. The molecule has 0 spiro atoms. The molecular weight excluding hydrogens is 390 g/mol. The van der Waals surface area contributed by atoms with Crippen molar-refractivity contribution in [1.29, 1.82) is 0 Å². The Balaban J connectivity index is 1.26. The van der Waals surface area contributed by atoms with Gasteiger partial charge in [-0.15, -0.1) is 0 Å². The van der Waals surface area contributed by atoms with Crippen LogP contribution in [0.15, 0.2) is 70.5 Å². The van der Waals surface area contributed by atoms with Crippen molar-refractivity contribution >= 4 is 40.9 Å². The van der Waals surface area contributed by atoms with Crippen LogP contribution in [0, 0.1) is 35.5 Å². The van der Waals surface area contributed by atoms with E-state index in [0.29, 0.717) is 22.5 Å². The molecule has 0 aromatic heterocycles. The fourth-order valence-electron chi connectivity index (χ4n) is 5.51. The molecule has 0 unspecified atom stereocenters. The van der Waals surface area contributed by atoms with Crippen molar-refractivity contribution in [3.05, 3.63) is 65.7 Å². The maximum Gasteiger partial charge on any atom is 0.238 e. The van der Waals surface area contributed by atoms with E-state index in [1.165, 1.54) is 11.3 Å². The van der Waals surface area contributed by atoms with Crippen molar-refractivity contribution in [3.63, 3.8) is 0 Å². The summed E-state index contributed by atoms with van der Waals surface area (Å²) in [5, 5.41) is 0.716. The van der Waals surface area contributed by atoms with Gasteiger partial charge in [0.1, 0.15) is 0 Å². The van der Waals surface area contributed by atoms with Gasteiger partial charge in [-0.05, 0) is 78.6 Å². The van der Waals surface area contributed by atoms with Crippen molar-refractivity contribution in [2.45, 2.75) is 16.2 Å². The van der Waals surface area contributed by atoms with Crippen LogP contribution >= 0.6 is 23.4 Å². The van der Waals surface area contributed by atoms with Crippen LogP contribution in [-0.2, 0) is 9.59 Å². The minimum absolute atomic E-state index is 0.00203. The monoisotopic (exact) mass is 407 g/mol. The van der Waals surface area contributed by atoms with Gasteiger partial charge < -0.3 is 0 Å². The molecule has 5 heteroatoms. The largest absolute Gasteiger partial charge is 0.274 e. The van der Waals surface area contributed by atoms with Crippen LogP contribution < -0.4 is 4.90 Å². The number of nitrogens with zero attached hydrogens (tertiary/aromatic N) is 1. The second-order valence-corrected chi connectivity index (χ2v) is 9.80. The molecule has 1 saturated heterocycles. The number of rotatable bonds is 3. The molecule has 140 valence electrons. The summed E-state index contributed by atoms with van der Waals surface area (Å²) in [6.45, 7) is 0. The van der Waals surface area contributed by atoms with E-state index < -0.39 is 0 Å². The van der Waals surface area contributed by atoms with Crippen LogP contribution in [0.2, 0.25) is 5.02 Å². The fourth-order valence-corrected chi connectivity index (χ4v) is 6.46. The molecule has 3 fully saturated rings. The summed E-state index contributed by atoms with van der Waals surface area (Å²) in [7, 11) is 0. The smallest absolute Gasteiger partial charge is 0.238 e. The number of allylic oxidation sites excluding steroid dienone is 2. The van der Waals surface area contributed by atoms with Gasteiger partial charge in [0, 0.05) is 14.8 Å². The van der Waals surface area contributed by atoms with Gasteiger partial charge in [-0.2, -0.15) is 0 Å². The Hall–Kier alpha value is -2.04. The van der Waals surface area contributed by atoms with E-state index in [-0.39, 0.29) is 35.5 Å². The quantitative estimate of drug-likeness (QED) is 0.527. The highest BCUT2D eigenvalue weighted by molar-refractivity contribution is 7.99. The minimum atomic E-state index is -0.144. The molecule has 2 saturated carbocycles. The Morgan fingerprint density at radius 3 is 1.82 bits per heavy atom. The highest BCUT2D eigenvalue weighted by Gasteiger charge is 2.67. The Bertz CT molecular complexity index is 980. The van der Waals surface area contributed by atoms with Gasteiger partial charge in [0.2, 0.25) is 11.8 Å². The molecule has 4 aliphatic carbocycles. The lowest BCUT2D eigenvalue weighted by molar-refractivity contribution is -0.124. The van der Waals surface area contributed by atoms with E-state index in [4.69, 9.17) is 11.6 Å². The lowest BCUT2D eigenvalue weighted by atomic mass is 9.63. The topological polar surface area (TPSA) is 37.4 Å². The predicted molar refractivity (Wildman–Crippen MR) is 109 cm³/mol. The molecule has 3 nitrogen and oxygen atoms in total. The van der Waals surface area contributed by atoms with Crippen molar-refractivity contribution in [2.75, 3.05) is 4.90 Å². The van der Waals surface area contributed by atoms with Crippen molar-refractivity contribution < 1.29 is 9.59 Å². The van der Waals surface area contributed by atoms with Crippen LogP contribution in [0.25, 0.3) is 0 Å². The molecule has 1 aliphatic heterocycles. The number of anilines is 1. The van der Waals surface area contributed by atoms with E-state index in [9.17, 15) is 9.59 Å². The molecule has 5 aliphatic rings. The van der Waals surface area contributed by atoms with Crippen LogP contribution in [0.5, 0.6) is 0 Å². The van der Waals surface area contributed by atoms with Crippen LogP contribution in [0.3, 0.4) is 0 Å². The molecule has 6 atom stereocenters. The SMILES string of the molecule is O=C1[C@@H]2[C@@H]3C=C[C@H]([C@@H]4C[C@H]34)[C@H]2C(=O)N1c1ccc(Sc2ccc(Cl)cc2)cc1. The third kappa shape index (κ3) is 2.37. The molecule has 2 aromatic carbocycles. The Morgan fingerprint density at radius 1 is 0.786 bits per heavy atom. The van der Waals surface area contributed by atoms with Gasteiger partial charge in [0.05, 0.1) is 17.5 Å². The van der Waals surface area contributed by atoms with Crippen molar-refractivity contribution in [1.82, 2.24) is 0 Å². The number of halogens is 1. The normalized spacial score (nSPS) is 34.5. The molecule has 2 amide bonds. The number of hydrogen-bond donors (Lipinski definition) is 0. The van der Waals surface area contributed by atoms with Gasteiger partial charge in [0.15, 0.2) is 0 Å². The number of benzene rings is 2. The molecule has 7 rings (SSSR count). The first-order valence-electron chi connectivity index (χ1n) is 9.71. The summed E-state index contributed by atoms with van der Waals surface area (Å²) in [5.74, 6) is 1.50. The average molecular weight is 408 g/mol. The second kappa shape index (κ2) is 5.98. The number of carbonyl (C=O) groups is 2. The van der Waals surface area contributed by atoms with E-state index in [0.717, 1.165) is 9.79 Å². The zero-order valence-corrected chi connectivity index (χ0v) is 16.6. The van der Waals surface area contributed by atoms with Gasteiger partial charge in [-0.3, -0.25) is 14.5 Å². The molecule has 2 bridgehead atoms. The Kier molecular flexibility index (Phi) is 3.60. The van der Waals surface area contributed by atoms with E-state index in [2.05, 4.69) is 12.2 Å². The summed E-state index contributed by atoms with van der Waals surface area (Å²) >= 11 is 7.57. The van der Waals surface area contributed by atoms with Gasteiger partial charge in [0.25, 0.3) is 0 Å².